The van der Waals surface area contributed by atoms with Crippen molar-refractivity contribution in [3.05, 3.63) is 29.8 Å². The van der Waals surface area contributed by atoms with Crippen LogP contribution in [0.15, 0.2) is 24.3 Å². The third-order valence-corrected chi connectivity index (χ3v) is 4.28. The fourth-order valence-electron chi connectivity index (χ4n) is 2.51. The van der Waals surface area contributed by atoms with Crippen LogP contribution >= 0.6 is 0 Å². The SMILES string of the molecule is O=C(c1ccccc1O)N1CC(NC(=O)C2(CO)CC2)C1. The molecule has 0 aromatic heterocycles. The van der Waals surface area contributed by atoms with Crippen LogP contribution in [0.2, 0.25) is 0 Å². The van der Waals surface area contributed by atoms with Gasteiger partial charge in [-0.25, -0.2) is 0 Å². The van der Waals surface area contributed by atoms with E-state index in [0.29, 0.717) is 13.1 Å². The van der Waals surface area contributed by atoms with Gasteiger partial charge in [-0.3, -0.25) is 9.59 Å². The molecule has 0 unspecified atom stereocenters. The number of benzene rings is 1. The summed E-state index contributed by atoms with van der Waals surface area (Å²) in [6.45, 7) is 0.743. The molecule has 112 valence electrons. The average Bonchev–Trinajstić information content (AvgIpc) is 3.23. The summed E-state index contributed by atoms with van der Waals surface area (Å²) in [6, 6.07) is 6.34. The van der Waals surface area contributed by atoms with Crippen molar-refractivity contribution in [3.63, 3.8) is 0 Å². The highest BCUT2D eigenvalue weighted by atomic mass is 16.3. The van der Waals surface area contributed by atoms with E-state index in [4.69, 9.17) is 0 Å². The molecule has 0 spiro atoms. The second kappa shape index (κ2) is 5.04. The van der Waals surface area contributed by atoms with Crippen LogP contribution < -0.4 is 5.32 Å². The maximum atomic E-state index is 12.2. The molecule has 6 heteroatoms. The summed E-state index contributed by atoms with van der Waals surface area (Å²) in [6.07, 6.45) is 1.45. The van der Waals surface area contributed by atoms with Crippen LogP contribution in [0.3, 0.4) is 0 Å². The Morgan fingerprint density at radius 3 is 2.52 bits per heavy atom. The van der Waals surface area contributed by atoms with E-state index in [1.54, 1.807) is 23.1 Å². The van der Waals surface area contributed by atoms with E-state index in [0.717, 1.165) is 12.8 Å². The molecule has 1 saturated carbocycles. The summed E-state index contributed by atoms with van der Waals surface area (Å²) in [7, 11) is 0. The first-order valence-electron chi connectivity index (χ1n) is 7.05. The molecule has 2 fully saturated rings. The molecular weight excluding hydrogens is 272 g/mol. The molecule has 1 aromatic carbocycles. The zero-order valence-corrected chi connectivity index (χ0v) is 11.6. The van der Waals surface area contributed by atoms with Gasteiger partial charge in [0.25, 0.3) is 5.91 Å². The largest absolute Gasteiger partial charge is 0.507 e. The first kappa shape index (κ1) is 13.9. The summed E-state index contributed by atoms with van der Waals surface area (Å²) >= 11 is 0. The number of aliphatic hydroxyl groups excluding tert-OH is 1. The number of hydrogen-bond donors (Lipinski definition) is 3. The smallest absolute Gasteiger partial charge is 0.257 e. The monoisotopic (exact) mass is 290 g/mol. The van der Waals surface area contributed by atoms with Gasteiger partial charge in [0.2, 0.25) is 5.91 Å². The van der Waals surface area contributed by atoms with Gasteiger partial charge in [0.1, 0.15) is 5.75 Å². The highest BCUT2D eigenvalue weighted by Gasteiger charge is 2.50. The van der Waals surface area contributed by atoms with E-state index >= 15 is 0 Å². The van der Waals surface area contributed by atoms with Crippen LogP contribution in [0, 0.1) is 5.41 Å². The fraction of sp³-hybridized carbons (Fsp3) is 0.467. The van der Waals surface area contributed by atoms with Crippen molar-refractivity contribution in [2.45, 2.75) is 18.9 Å². The molecule has 1 saturated heterocycles. The molecule has 6 nitrogen and oxygen atoms in total. The molecule has 1 aliphatic carbocycles. The van der Waals surface area contributed by atoms with Gasteiger partial charge in [-0.1, -0.05) is 12.1 Å². The maximum absolute atomic E-state index is 12.2. The summed E-state index contributed by atoms with van der Waals surface area (Å²) in [5, 5.41) is 21.7. The highest BCUT2D eigenvalue weighted by Crippen LogP contribution is 2.45. The number of phenols is 1. The zero-order valence-electron chi connectivity index (χ0n) is 11.6. The summed E-state index contributed by atoms with van der Waals surface area (Å²) in [5.41, 5.74) is -0.307. The van der Waals surface area contributed by atoms with E-state index in [1.807, 2.05) is 0 Å². The Morgan fingerprint density at radius 1 is 1.29 bits per heavy atom. The van der Waals surface area contributed by atoms with Gasteiger partial charge in [0.15, 0.2) is 0 Å². The second-order valence-electron chi connectivity index (χ2n) is 5.84. The van der Waals surface area contributed by atoms with Crippen molar-refractivity contribution < 1.29 is 19.8 Å². The van der Waals surface area contributed by atoms with Crippen molar-refractivity contribution in [2.75, 3.05) is 19.7 Å². The molecule has 3 rings (SSSR count). The molecule has 2 amide bonds. The molecule has 0 atom stereocenters. The number of carbonyl (C=O) groups is 2. The number of rotatable bonds is 4. The lowest BCUT2D eigenvalue weighted by atomic mass is 10.0. The van der Waals surface area contributed by atoms with Crippen LogP contribution in [0.25, 0.3) is 0 Å². The van der Waals surface area contributed by atoms with E-state index < -0.39 is 5.41 Å². The quantitative estimate of drug-likeness (QED) is 0.734. The van der Waals surface area contributed by atoms with E-state index in [9.17, 15) is 19.8 Å². The molecule has 0 radical (unpaired) electrons. The average molecular weight is 290 g/mol. The molecule has 21 heavy (non-hydrogen) atoms. The first-order valence-corrected chi connectivity index (χ1v) is 7.05. The minimum absolute atomic E-state index is 0.0350. The second-order valence-corrected chi connectivity index (χ2v) is 5.84. The third-order valence-electron chi connectivity index (χ3n) is 4.28. The lowest BCUT2D eigenvalue weighted by Gasteiger charge is -2.40. The Bertz CT molecular complexity index is 577. The normalized spacial score (nSPS) is 19.8. The van der Waals surface area contributed by atoms with E-state index in [1.165, 1.54) is 6.07 Å². The van der Waals surface area contributed by atoms with Gasteiger partial charge in [0.05, 0.1) is 23.6 Å². The number of phenolic OH excluding ortho intramolecular Hbond substituents is 1. The highest BCUT2D eigenvalue weighted by molar-refractivity contribution is 5.97. The Kier molecular flexibility index (Phi) is 3.33. The van der Waals surface area contributed by atoms with E-state index in [-0.39, 0.29) is 35.8 Å². The molecule has 1 heterocycles. The minimum Gasteiger partial charge on any atom is -0.507 e. The minimum atomic E-state index is -0.581. The molecular formula is C15H18N2O4. The van der Waals surface area contributed by atoms with Gasteiger partial charge in [-0.15, -0.1) is 0 Å². The number of para-hydroxylation sites is 1. The number of aliphatic hydroxyl groups is 1. The van der Waals surface area contributed by atoms with Gasteiger partial charge in [0, 0.05) is 13.1 Å². The van der Waals surface area contributed by atoms with Crippen molar-refractivity contribution >= 4 is 11.8 Å². The zero-order chi connectivity index (χ0) is 15.0. The van der Waals surface area contributed by atoms with Crippen LogP contribution in [0.1, 0.15) is 23.2 Å². The van der Waals surface area contributed by atoms with Crippen molar-refractivity contribution in [1.82, 2.24) is 10.2 Å². The maximum Gasteiger partial charge on any atom is 0.257 e. The topological polar surface area (TPSA) is 89.9 Å². The number of carbonyl (C=O) groups excluding carboxylic acids is 2. The van der Waals surface area contributed by atoms with Crippen molar-refractivity contribution in [1.29, 1.82) is 0 Å². The van der Waals surface area contributed by atoms with Crippen LogP contribution in [-0.4, -0.2) is 52.7 Å². The van der Waals surface area contributed by atoms with Gasteiger partial charge < -0.3 is 20.4 Å². The Morgan fingerprint density at radius 2 is 1.95 bits per heavy atom. The predicted molar refractivity (Wildman–Crippen MR) is 74.7 cm³/mol. The van der Waals surface area contributed by atoms with Gasteiger partial charge >= 0.3 is 0 Å². The van der Waals surface area contributed by atoms with Crippen LogP contribution in [0.5, 0.6) is 5.75 Å². The predicted octanol–water partition coefficient (Wildman–Crippen LogP) is 0.105. The number of likely N-dealkylation sites (tertiary alicyclic amines) is 1. The van der Waals surface area contributed by atoms with Crippen molar-refractivity contribution in [2.24, 2.45) is 5.41 Å². The van der Waals surface area contributed by atoms with Crippen LogP contribution in [0.4, 0.5) is 0 Å². The summed E-state index contributed by atoms with van der Waals surface area (Å²) in [5.74, 6) is -0.390. The first-order chi connectivity index (χ1) is 10.1. The number of aromatic hydroxyl groups is 1. The Balaban J connectivity index is 1.53. The Labute approximate surface area is 122 Å². The lowest BCUT2D eigenvalue weighted by molar-refractivity contribution is -0.129. The molecule has 3 N–H and O–H groups in total. The fourth-order valence-corrected chi connectivity index (χ4v) is 2.51. The summed E-state index contributed by atoms with van der Waals surface area (Å²) < 4.78 is 0. The summed E-state index contributed by atoms with van der Waals surface area (Å²) in [4.78, 5) is 25.7. The number of nitrogens with zero attached hydrogens (tertiary/aromatic N) is 1. The number of nitrogens with one attached hydrogen (secondary N) is 1. The van der Waals surface area contributed by atoms with E-state index in [2.05, 4.69) is 5.32 Å². The van der Waals surface area contributed by atoms with Crippen molar-refractivity contribution in [3.8, 4) is 5.75 Å². The number of amides is 2. The Hall–Kier alpha value is -2.08. The molecule has 1 aromatic rings. The van der Waals surface area contributed by atoms with Crippen LogP contribution in [-0.2, 0) is 4.79 Å². The molecule has 2 aliphatic rings. The third kappa shape index (κ3) is 2.47. The number of hydrogen-bond acceptors (Lipinski definition) is 4. The molecule has 0 bridgehead atoms. The standard InChI is InChI=1S/C15H18N2O4/c18-9-15(5-6-15)14(21)16-10-7-17(8-10)13(20)11-3-1-2-4-12(11)19/h1-4,10,18-19H,5-9H2,(H,16,21). The molecule has 1 aliphatic heterocycles. The van der Waals surface area contributed by atoms with Gasteiger partial charge in [-0.2, -0.15) is 0 Å². The lowest BCUT2D eigenvalue weighted by Crippen LogP contribution is -2.62. The van der Waals surface area contributed by atoms with Gasteiger partial charge in [-0.05, 0) is 25.0 Å².